The van der Waals surface area contributed by atoms with Crippen LogP contribution in [0, 0.1) is 0 Å². The van der Waals surface area contributed by atoms with Gasteiger partial charge in [-0.1, -0.05) is 11.6 Å². The summed E-state index contributed by atoms with van der Waals surface area (Å²) in [5, 5.41) is -0.515. The second-order valence-electron chi connectivity index (χ2n) is 2.12. The predicted octanol–water partition coefficient (Wildman–Crippen LogP) is 1.55. The smallest absolute Gasteiger partial charge is 0.279 e. The molecule has 1 heterocycles. The predicted molar refractivity (Wildman–Crippen MR) is 41.4 cm³/mol. The van der Waals surface area contributed by atoms with E-state index in [-0.39, 0.29) is 5.82 Å². The van der Waals surface area contributed by atoms with E-state index in [2.05, 4.69) is 4.98 Å². The Morgan fingerprint density at radius 2 is 2.17 bits per heavy atom. The molecular formula is C6H5ClF2N2O. The van der Waals surface area contributed by atoms with Crippen molar-refractivity contribution in [3.63, 3.8) is 0 Å². The Morgan fingerprint density at radius 3 is 2.67 bits per heavy atom. The van der Waals surface area contributed by atoms with Gasteiger partial charge in [-0.05, 0) is 0 Å². The lowest BCUT2D eigenvalue weighted by Crippen LogP contribution is -2.09. The quantitative estimate of drug-likeness (QED) is 0.713. The summed E-state index contributed by atoms with van der Waals surface area (Å²) >= 11 is 5.28. The maximum Gasteiger partial charge on any atom is 0.279 e. The number of H-pyrrole nitrogens is 1. The van der Waals surface area contributed by atoms with Crippen LogP contribution >= 0.6 is 11.6 Å². The first-order valence-electron chi connectivity index (χ1n) is 2.98. The van der Waals surface area contributed by atoms with E-state index >= 15 is 0 Å². The van der Waals surface area contributed by atoms with Crippen LogP contribution in [-0.2, 0) is 0 Å². The number of aromatic amines is 1. The zero-order valence-corrected chi connectivity index (χ0v) is 6.53. The molecule has 0 saturated heterocycles. The highest BCUT2D eigenvalue weighted by Crippen LogP contribution is 2.22. The number of anilines is 1. The summed E-state index contributed by atoms with van der Waals surface area (Å²) in [6.45, 7) is 0. The van der Waals surface area contributed by atoms with Gasteiger partial charge in [-0.15, -0.1) is 0 Å². The van der Waals surface area contributed by atoms with Gasteiger partial charge in [0.1, 0.15) is 16.5 Å². The first-order valence-corrected chi connectivity index (χ1v) is 3.36. The molecule has 0 amide bonds. The fourth-order valence-corrected chi connectivity index (χ4v) is 0.918. The Balaban J connectivity index is 3.38. The van der Waals surface area contributed by atoms with E-state index in [1.165, 1.54) is 0 Å². The van der Waals surface area contributed by atoms with Crippen LogP contribution in [-0.4, -0.2) is 4.98 Å². The summed E-state index contributed by atoms with van der Waals surface area (Å²) in [4.78, 5) is 12.9. The van der Waals surface area contributed by atoms with Gasteiger partial charge in [-0.3, -0.25) is 4.79 Å². The first-order chi connectivity index (χ1) is 5.52. The third kappa shape index (κ3) is 1.55. The molecule has 12 heavy (non-hydrogen) atoms. The number of halogens is 3. The number of nitrogens with one attached hydrogen (secondary N) is 1. The van der Waals surface area contributed by atoms with Crippen molar-refractivity contribution in [3.05, 3.63) is 27.0 Å². The molecule has 1 aromatic rings. The molecule has 6 heteroatoms. The number of alkyl halides is 2. The van der Waals surface area contributed by atoms with Gasteiger partial charge >= 0.3 is 0 Å². The standard InChI is InChI=1S/C6H5ClF2N2O/c7-4-2(12)1-3(10)11-5(4)6(8)9/h1,6H,(H3,10,11,12). The Kier molecular flexibility index (Phi) is 2.32. The molecule has 0 aliphatic heterocycles. The average molecular weight is 195 g/mol. The van der Waals surface area contributed by atoms with Crippen LogP contribution < -0.4 is 11.2 Å². The van der Waals surface area contributed by atoms with Crippen molar-refractivity contribution >= 4 is 17.4 Å². The molecule has 0 radical (unpaired) electrons. The number of pyridine rings is 1. The average Bonchev–Trinajstić information content (AvgIpc) is 1.96. The summed E-state index contributed by atoms with van der Waals surface area (Å²) in [7, 11) is 0. The second kappa shape index (κ2) is 3.10. The summed E-state index contributed by atoms with van der Waals surface area (Å²) in [6, 6.07) is 0.953. The summed E-state index contributed by atoms with van der Waals surface area (Å²) < 4.78 is 24.2. The second-order valence-corrected chi connectivity index (χ2v) is 2.50. The van der Waals surface area contributed by atoms with Crippen molar-refractivity contribution in [1.82, 2.24) is 4.98 Å². The molecule has 0 spiro atoms. The lowest BCUT2D eigenvalue weighted by Gasteiger charge is -2.02. The number of hydrogen-bond acceptors (Lipinski definition) is 2. The Bertz CT molecular complexity index is 350. The highest BCUT2D eigenvalue weighted by Gasteiger charge is 2.15. The van der Waals surface area contributed by atoms with Gasteiger partial charge in [0.15, 0.2) is 0 Å². The van der Waals surface area contributed by atoms with Crippen molar-refractivity contribution in [2.75, 3.05) is 5.73 Å². The lowest BCUT2D eigenvalue weighted by atomic mass is 10.3. The Morgan fingerprint density at radius 1 is 1.58 bits per heavy atom. The SMILES string of the molecule is Nc1cc(=O)c(Cl)c(C(F)F)[nH]1. The van der Waals surface area contributed by atoms with E-state index in [1.807, 2.05) is 0 Å². The summed E-state index contributed by atoms with van der Waals surface area (Å²) in [5.74, 6) is -0.125. The molecule has 66 valence electrons. The van der Waals surface area contributed by atoms with Gasteiger partial charge < -0.3 is 10.7 Å². The molecule has 0 aliphatic carbocycles. The summed E-state index contributed by atoms with van der Waals surface area (Å²) in [6.07, 6.45) is -2.83. The molecular weight excluding hydrogens is 190 g/mol. The van der Waals surface area contributed by atoms with E-state index in [1.54, 1.807) is 0 Å². The van der Waals surface area contributed by atoms with Gasteiger partial charge in [-0.25, -0.2) is 8.78 Å². The normalized spacial score (nSPS) is 10.7. The van der Waals surface area contributed by atoms with Gasteiger partial charge in [0.2, 0.25) is 5.43 Å². The third-order valence-electron chi connectivity index (χ3n) is 1.24. The van der Waals surface area contributed by atoms with E-state index in [9.17, 15) is 13.6 Å². The fourth-order valence-electron chi connectivity index (χ4n) is 0.734. The van der Waals surface area contributed by atoms with Gasteiger partial charge in [-0.2, -0.15) is 0 Å². The van der Waals surface area contributed by atoms with Crippen LogP contribution in [0.2, 0.25) is 5.02 Å². The zero-order chi connectivity index (χ0) is 9.30. The van der Waals surface area contributed by atoms with Crippen LogP contribution in [0.5, 0.6) is 0 Å². The number of rotatable bonds is 1. The minimum atomic E-state index is -2.83. The fraction of sp³-hybridized carbons (Fsp3) is 0.167. The maximum absolute atomic E-state index is 12.1. The topological polar surface area (TPSA) is 58.9 Å². The van der Waals surface area contributed by atoms with Crippen LogP contribution in [0.1, 0.15) is 12.1 Å². The minimum Gasteiger partial charge on any atom is -0.385 e. The molecule has 1 aromatic heterocycles. The van der Waals surface area contributed by atoms with E-state index in [4.69, 9.17) is 17.3 Å². The molecule has 0 atom stereocenters. The van der Waals surface area contributed by atoms with Crippen molar-refractivity contribution in [1.29, 1.82) is 0 Å². The van der Waals surface area contributed by atoms with Crippen molar-refractivity contribution in [2.45, 2.75) is 6.43 Å². The number of hydrogen-bond donors (Lipinski definition) is 2. The van der Waals surface area contributed by atoms with Gasteiger partial charge in [0, 0.05) is 6.07 Å². The molecule has 3 nitrogen and oxygen atoms in total. The van der Waals surface area contributed by atoms with Gasteiger partial charge in [0.25, 0.3) is 6.43 Å². The molecule has 0 aliphatic rings. The molecule has 1 rings (SSSR count). The highest BCUT2D eigenvalue weighted by atomic mass is 35.5. The Hall–Kier alpha value is -1.10. The van der Waals surface area contributed by atoms with Crippen molar-refractivity contribution in [2.24, 2.45) is 0 Å². The maximum atomic E-state index is 12.1. The highest BCUT2D eigenvalue weighted by molar-refractivity contribution is 6.31. The lowest BCUT2D eigenvalue weighted by molar-refractivity contribution is 0.146. The molecule has 0 unspecified atom stereocenters. The molecule has 0 saturated carbocycles. The van der Waals surface area contributed by atoms with Crippen LogP contribution in [0.3, 0.4) is 0 Å². The van der Waals surface area contributed by atoms with E-state index in [0.717, 1.165) is 6.07 Å². The van der Waals surface area contributed by atoms with Gasteiger partial charge in [0.05, 0.1) is 0 Å². The molecule has 0 bridgehead atoms. The van der Waals surface area contributed by atoms with Crippen LogP contribution in [0.25, 0.3) is 0 Å². The van der Waals surface area contributed by atoms with Crippen molar-refractivity contribution in [3.8, 4) is 0 Å². The monoisotopic (exact) mass is 194 g/mol. The molecule has 3 N–H and O–H groups in total. The molecule has 0 fully saturated rings. The number of nitrogen functional groups attached to an aromatic ring is 1. The van der Waals surface area contributed by atoms with Crippen molar-refractivity contribution < 1.29 is 8.78 Å². The zero-order valence-electron chi connectivity index (χ0n) is 5.77. The Labute approximate surface area is 71.2 Å². The largest absolute Gasteiger partial charge is 0.385 e. The number of aromatic nitrogens is 1. The minimum absolute atomic E-state index is 0.125. The summed E-state index contributed by atoms with van der Waals surface area (Å²) in [5.41, 5.74) is 3.78. The van der Waals surface area contributed by atoms with Crippen LogP contribution in [0.4, 0.5) is 14.6 Å². The number of nitrogens with two attached hydrogens (primary N) is 1. The first kappa shape index (κ1) is 8.99. The van der Waals surface area contributed by atoms with Crippen LogP contribution in [0.15, 0.2) is 10.9 Å². The van der Waals surface area contributed by atoms with E-state index in [0.29, 0.717) is 0 Å². The third-order valence-corrected chi connectivity index (χ3v) is 1.63. The molecule has 0 aromatic carbocycles. The van der Waals surface area contributed by atoms with E-state index < -0.39 is 22.6 Å².